The third-order valence-electron chi connectivity index (χ3n) is 5.04. The summed E-state index contributed by atoms with van der Waals surface area (Å²) in [5, 5.41) is 4.13. The van der Waals surface area contributed by atoms with Crippen molar-refractivity contribution in [1.82, 2.24) is 15.2 Å². The van der Waals surface area contributed by atoms with Crippen LogP contribution in [0.5, 0.6) is 0 Å². The maximum atomic E-state index is 12.3. The number of benzene rings is 2. The van der Waals surface area contributed by atoms with Crippen LogP contribution in [0, 0.1) is 0 Å². The van der Waals surface area contributed by atoms with E-state index < -0.39 is 0 Å². The molecule has 28 heavy (non-hydrogen) atoms. The molecular formula is C23H27N3O2. The molecule has 0 fully saturated rings. The fourth-order valence-corrected chi connectivity index (χ4v) is 3.33. The lowest BCUT2D eigenvalue weighted by molar-refractivity contribution is -0.121. The summed E-state index contributed by atoms with van der Waals surface area (Å²) in [5.41, 5.74) is 3.91. The first-order valence-corrected chi connectivity index (χ1v) is 9.82. The topological polar surface area (TPSA) is 65.2 Å². The van der Waals surface area contributed by atoms with E-state index in [1.165, 1.54) is 5.39 Å². The number of rotatable bonds is 8. The van der Waals surface area contributed by atoms with Crippen LogP contribution in [0.15, 0.2) is 54.7 Å². The van der Waals surface area contributed by atoms with Gasteiger partial charge in [-0.05, 0) is 49.6 Å². The number of carbonyl (C=O) groups is 2. The number of nitrogens with one attached hydrogen (secondary N) is 2. The first-order valence-electron chi connectivity index (χ1n) is 9.82. The molecule has 0 aliphatic heterocycles. The molecule has 0 saturated carbocycles. The van der Waals surface area contributed by atoms with Crippen molar-refractivity contribution in [3.05, 3.63) is 71.4 Å². The van der Waals surface area contributed by atoms with E-state index in [1.807, 2.05) is 62.5 Å². The van der Waals surface area contributed by atoms with E-state index in [9.17, 15) is 9.59 Å². The normalized spacial score (nSPS) is 10.8. The molecule has 0 bridgehead atoms. The molecule has 1 aromatic heterocycles. The van der Waals surface area contributed by atoms with E-state index in [2.05, 4.69) is 16.4 Å². The number of aryl methyl sites for hydroxylation is 1. The second kappa shape index (κ2) is 9.22. The monoisotopic (exact) mass is 377 g/mol. The van der Waals surface area contributed by atoms with Crippen LogP contribution < -0.4 is 5.32 Å². The van der Waals surface area contributed by atoms with Gasteiger partial charge in [-0.25, -0.2) is 0 Å². The van der Waals surface area contributed by atoms with Crippen LogP contribution in [0.1, 0.15) is 41.8 Å². The first kappa shape index (κ1) is 19.7. The van der Waals surface area contributed by atoms with Crippen LogP contribution in [-0.4, -0.2) is 34.8 Å². The number of para-hydroxylation sites is 1. The maximum Gasteiger partial charge on any atom is 0.253 e. The molecule has 2 aromatic carbocycles. The Labute approximate surface area is 165 Å². The second-order valence-corrected chi connectivity index (χ2v) is 6.81. The Bertz CT molecular complexity index is 940. The Balaban J connectivity index is 1.50. The van der Waals surface area contributed by atoms with Crippen LogP contribution in [0.4, 0.5) is 0 Å². The summed E-state index contributed by atoms with van der Waals surface area (Å²) in [6.45, 7) is 5.81. The zero-order chi connectivity index (χ0) is 19.9. The molecule has 3 rings (SSSR count). The predicted octanol–water partition coefficient (Wildman–Crippen LogP) is 3.90. The average Bonchev–Trinajstić information content (AvgIpc) is 3.15. The Morgan fingerprint density at radius 2 is 1.71 bits per heavy atom. The molecule has 0 aliphatic carbocycles. The molecule has 0 saturated heterocycles. The molecule has 0 unspecified atom stereocenters. The number of aromatic nitrogens is 1. The van der Waals surface area contributed by atoms with Crippen LogP contribution in [-0.2, 0) is 17.8 Å². The highest BCUT2D eigenvalue weighted by Gasteiger charge is 2.12. The number of hydrogen-bond donors (Lipinski definition) is 2. The van der Waals surface area contributed by atoms with E-state index in [-0.39, 0.29) is 11.8 Å². The summed E-state index contributed by atoms with van der Waals surface area (Å²) in [4.78, 5) is 29.6. The molecule has 0 spiro atoms. The number of H-pyrrole nitrogens is 1. The lowest BCUT2D eigenvalue weighted by Crippen LogP contribution is -2.30. The van der Waals surface area contributed by atoms with Gasteiger partial charge in [-0.2, -0.15) is 0 Å². The molecule has 1 heterocycles. The fraction of sp³-hybridized carbons (Fsp3) is 0.304. The van der Waals surface area contributed by atoms with E-state index >= 15 is 0 Å². The van der Waals surface area contributed by atoms with Gasteiger partial charge < -0.3 is 15.2 Å². The van der Waals surface area contributed by atoms with Crippen molar-refractivity contribution in [3.63, 3.8) is 0 Å². The maximum absolute atomic E-state index is 12.3. The number of aromatic amines is 1. The predicted molar refractivity (Wildman–Crippen MR) is 112 cm³/mol. The van der Waals surface area contributed by atoms with Gasteiger partial charge in [-0.1, -0.05) is 30.3 Å². The van der Waals surface area contributed by atoms with Crippen molar-refractivity contribution in [1.29, 1.82) is 0 Å². The number of amides is 2. The molecule has 0 radical (unpaired) electrons. The van der Waals surface area contributed by atoms with Crippen LogP contribution in [0.2, 0.25) is 0 Å². The second-order valence-electron chi connectivity index (χ2n) is 6.81. The summed E-state index contributed by atoms with van der Waals surface area (Å²) in [6.07, 6.45) is 3.12. The summed E-state index contributed by atoms with van der Waals surface area (Å²) in [5.74, 6) is 0.0629. The van der Waals surface area contributed by atoms with Gasteiger partial charge in [-0.3, -0.25) is 9.59 Å². The van der Waals surface area contributed by atoms with E-state index in [4.69, 9.17) is 0 Å². The smallest absolute Gasteiger partial charge is 0.253 e. The Morgan fingerprint density at radius 1 is 1.00 bits per heavy atom. The zero-order valence-corrected chi connectivity index (χ0v) is 16.5. The van der Waals surface area contributed by atoms with Crippen molar-refractivity contribution in [2.75, 3.05) is 13.1 Å². The minimum atomic E-state index is 0.0218. The van der Waals surface area contributed by atoms with Gasteiger partial charge in [0, 0.05) is 48.7 Å². The molecule has 2 amide bonds. The highest BCUT2D eigenvalue weighted by molar-refractivity contribution is 5.94. The molecular weight excluding hydrogens is 350 g/mol. The number of hydrogen-bond acceptors (Lipinski definition) is 2. The Kier molecular flexibility index (Phi) is 6.48. The summed E-state index contributed by atoms with van der Waals surface area (Å²) < 4.78 is 0. The van der Waals surface area contributed by atoms with Gasteiger partial charge in [0.25, 0.3) is 5.91 Å². The van der Waals surface area contributed by atoms with Gasteiger partial charge >= 0.3 is 0 Å². The third kappa shape index (κ3) is 4.60. The zero-order valence-electron chi connectivity index (χ0n) is 16.5. The fourth-order valence-electron chi connectivity index (χ4n) is 3.33. The Hall–Kier alpha value is -3.08. The average molecular weight is 377 g/mol. The lowest BCUT2D eigenvalue weighted by Gasteiger charge is -2.18. The first-order chi connectivity index (χ1) is 13.6. The molecule has 5 nitrogen and oxygen atoms in total. The van der Waals surface area contributed by atoms with E-state index in [1.54, 1.807) is 4.90 Å². The third-order valence-corrected chi connectivity index (χ3v) is 5.04. The van der Waals surface area contributed by atoms with E-state index in [0.717, 1.165) is 16.6 Å². The van der Waals surface area contributed by atoms with Crippen molar-refractivity contribution in [2.24, 2.45) is 0 Å². The van der Waals surface area contributed by atoms with E-state index in [0.29, 0.717) is 38.0 Å². The largest absolute Gasteiger partial charge is 0.361 e. The Morgan fingerprint density at radius 3 is 2.43 bits per heavy atom. The SMILES string of the molecule is CCN(CC)C(=O)c1ccc(CNC(=O)CCc2c[nH]c3ccccc23)cc1. The summed E-state index contributed by atoms with van der Waals surface area (Å²) in [6, 6.07) is 15.6. The highest BCUT2D eigenvalue weighted by Crippen LogP contribution is 2.18. The number of nitrogens with zero attached hydrogens (tertiary/aromatic N) is 1. The summed E-state index contributed by atoms with van der Waals surface area (Å²) >= 11 is 0. The standard InChI is InChI=1S/C23H27N3O2/c1-3-26(4-2)23(28)18-11-9-17(10-12-18)15-25-22(27)14-13-19-16-24-21-8-6-5-7-20(19)21/h5-12,16,24H,3-4,13-15H2,1-2H3,(H,25,27). The number of carbonyl (C=O) groups excluding carboxylic acids is 2. The van der Waals surface area contributed by atoms with Crippen molar-refractivity contribution in [2.45, 2.75) is 33.2 Å². The summed E-state index contributed by atoms with van der Waals surface area (Å²) in [7, 11) is 0. The number of fused-ring (bicyclic) bond motifs is 1. The molecule has 3 aromatic rings. The minimum absolute atomic E-state index is 0.0218. The van der Waals surface area contributed by atoms with Crippen molar-refractivity contribution < 1.29 is 9.59 Å². The van der Waals surface area contributed by atoms with Crippen LogP contribution >= 0.6 is 0 Å². The van der Waals surface area contributed by atoms with Gasteiger partial charge in [-0.15, -0.1) is 0 Å². The quantitative estimate of drug-likeness (QED) is 0.625. The lowest BCUT2D eigenvalue weighted by atomic mass is 10.1. The minimum Gasteiger partial charge on any atom is -0.361 e. The van der Waals surface area contributed by atoms with Crippen molar-refractivity contribution >= 4 is 22.7 Å². The molecule has 146 valence electrons. The molecule has 0 aliphatic rings. The van der Waals surface area contributed by atoms with Crippen LogP contribution in [0.25, 0.3) is 10.9 Å². The van der Waals surface area contributed by atoms with Gasteiger partial charge in [0.2, 0.25) is 5.91 Å². The molecule has 2 N–H and O–H groups in total. The highest BCUT2D eigenvalue weighted by atomic mass is 16.2. The van der Waals surface area contributed by atoms with Gasteiger partial charge in [0.05, 0.1) is 0 Å². The van der Waals surface area contributed by atoms with Gasteiger partial charge in [0.15, 0.2) is 0 Å². The van der Waals surface area contributed by atoms with Crippen molar-refractivity contribution in [3.8, 4) is 0 Å². The molecule has 5 heteroatoms. The van der Waals surface area contributed by atoms with Gasteiger partial charge in [0.1, 0.15) is 0 Å². The van der Waals surface area contributed by atoms with Crippen LogP contribution in [0.3, 0.4) is 0 Å². The molecule has 0 atom stereocenters.